The number of hydrogen-bond donors (Lipinski definition) is 2. The van der Waals surface area contributed by atoms with Crippen LogP contribution >= 0.6 is 0 Å². The molecule has 0 radical (unpaired) electrons. The first-order valence-corrected chi connectivity index (χ1v) is 10.2. The molecule has 0 aromatic heterocycles. The summed E-state index contributed by atoms with van der Waals surface area (Å²) in [5.74, 6) is 0.164. The molecule has 1 saturated heterocycles. The maximum absolute atomic E-state index is 12.7. The van der Waals surface area contributed by atoms with Crippen LogP contribution in [0.2, 0.25) is 0 Å². The molecule has 2 aliphatic rings. The summed E-state index contributed by atoms with van der Waals surface area (Å²) in [5.41, 5.74) is 2.72. The van der Waals surface area contributed by atoms with Gasteiger partial charge in [0.05, 0.1) is 0 Å². The van der Waals surface area contributed by atoms with Crippen molar-refractivity contribution in [2.75, 3.05) is 26.7 Å². The molecule has 1 aromatic rings. The number of amides is 4. The zero-order valence-corrected chi connectivity index (χ0v) is 17.2. The van der Waals surface area contributed by atoms with Gasteiger partial charge in [-0.3, -0.25) is 15.0 Å². The third-order valence-electron chi connectivity index (χ3n) is 5.65. The van der Waals surface area contributed by atoms with E-state index in [9.17, 15) is 14.4 Å². The number of nitrogens with zero attached hydrogens (tertiary/aromatic N) is 2. The van der Waals surface area contributed by atoms with Crippen molar-refractivity contribution in [1.29, 1.82) is 0 Å². The Morgan fingerprint density at radius 1 is 1.21 bits per heavy atom. The Bertz CT molecular complexity index is 761. The van der Waals surface area contributed by atoms with E-state index in [2.05, 4.69) is 10.7 Å². The lowest BCUT2D eigenvalue weighted by Gasteiger charge is -2.30. The highest BCUT2D eigenvalue weighted by Crippen LogP contribution is 2.32. The number of hydrazine groups is 1. The standard InChI is InChI=1S/C21H30N4O4/c1-16-8-4-5-9-17(16)29-15-14-24(2)13-10-18(26)23-25-19(27)21(22-20(25)28)11-6-3-7-12-21/h4-5,8-9H,3,6-7,10-15H2,1-2H3,(H,22,28)(H,23,26). The molecule has 2 fully saturated rings. The molecule has 1 aliphatic heterocycles. The Labute approximate surface area is 171 Å². The maximum Gasteiger partial charge on any atom is 0.344 e. The molecule has 8 heteroatoms. The number of benzene rings is 1. The van der Waals surface area contributed by atoms with Crippen LogP contribution in [0.15, 0.2) is 24.3 Å². The summed E-state index contributed by atoms with van der Waals surface area (Å²) in [4.78, 5) is 39.1. The van der Waals surface area contributed by atoms with Crippen molar-refractivity contribution in [3.8, 4) is 5.75 Å². The molecule has 0 unspecified atom stereocenters. The van der Waals surface area contributed by atoms with Crippen molar-refractivity contribution in [1.82, 2.24) is 20.7 Å². The summed E-state index contributed by atoms with van der Waals surface area (Å²) >= 11 is 0. The molecular weight excluding hydrogens is 372 g/mol. The second-order valence-corrected chi connectivity index (χ2v) is 7.92. The fourth-order valence-corrected chi connectivity index (χ4v) is 3.83. The molecule has 3 rings (SSSR count). The highest BCUT2D eigenvalue weighted by molar-refractivity contribution is 6.08. The zero-order valence-electron chi connectivity index (χ0n) is 17.2. The average molecular weight is 402 g/mol. The van der Waals surface area contributed by atoms with Gasteiger partial charge in [-0.15, -0.1) is 0 Å². The number of ether oxygens (including phenoxy) is 1. The van der Waals surface area contributed by atoms with Gasteiger partial charge in [0.2, 0.25) is 5.91 Å². The highest BCUT2D eigenvalue weighted by Gasteiger charge is 2.52. The first-order chi connectivity index (χ1) is 13.9. The van der Waals surface area contributed by atoms with Crippen LogP contribution in [0.3, 0.4) is 0 Å². The molecule has 2 N–H and O–H groups in total. The number of urea groups is 1. The van der Waals surface area contributed by atoms with Gasteiger partial charge in [0.1, 0.15) is 17.9 Å². The first-order valence-electron chi connectivity index (χ1n) is 10.2. The van der Waals surface area contributed by atoms with Crippen molar-refractivity contribution in [2.24, 2.45) is 0 Å². The molecule has 1 aromatic carbocycles. The number of hydrogen-bond acceptors (Lipinski definition) is 5. The maximum atomic E-state index is 12.7. The molecule has 4 amide bonds. The number of rotatable bonds is 8. The second kappa shape index (κ2) is 9.26. The van der Waals surface area contributed by atoms with Gasteiger partial charge in [-0.25, -0.2) is 4.79 Å². The smallest absolute Gasteiger partial charge is 0.344 e. The number of likely N-dealkylation sites (N-methyl/N-ethyl adjacent to an activating group) is 1. The van der Waals surface area contributed by atoms with Gasteiger partial charge in [0.25, 0.3) is 5.91 Å². The summed E-state index contributed by atoms with van der Waals surface area (Å²) in [6.07, 6.45) is 4.33. The molecular formula is C21H30N4O4. The highest BCUT2D eigenvalue weighted by atomic mass is 16.5. The summed E-state index contributed by atoms with van der Waals surface area (Å²) in [6.45, 7) is 3.67. The minimum atomic E-state index is -0.827. The molecule has 29 heavy (non-hydrogen) atoms. The van der Waals surface area contributed by atoms with E-state index in [-0.39, 0.29) is 18.2 Å². The van der Waals surface area contributed by atoms with E-state index in [1.165, 1.54) is 0 Å². The number of carbonyl (C=O) groups excluding carboxylic acids is 3. The van der Waals surface area contributed by atoms with Gasteiger partial charge >= 0.3 is 6.03 Å². The lowest BCUT2D eigenvalue weighted by molar-refractivity contribution is -0.140. The van der Waals surface area contributed by atoms with Gasteiger partial charge in [-0.05, 0) is 38.4 Å². The fourth-order valence-electron chi connectivity index (χ4n) is 3.83. The molecule has 1 heterocycles. The third-order valence-corrected chi connectivity index (χ3v) is 5.65. The summed E-state index contributed by atoms with van der Waals surface area (Å²) < 4.78 is 5.77. The normalized spacial score (nSPS) is 18.2. The number of para-hydroxylation sites is 1. The van der Waals surface area contributed by atoms with Crippen LogP contribution in [-0.2, 0) is 9.59 Å². The van der Waals surface area contributed by atoms with Crippen LogP contribution in [0, 0.1) is 6.92 Å². The number of aryl methyl sites for hydroxylation is 1. The molecule has 1 aliphatic carbocycles. The van der Waals surface area contributed by atoms with E-state index in [4.69, 9.17) is 4.74 Å². The van der Waals surface area contributed by atoms with Crippen molar-refractivity contribution >= 4 is 17.8 Å². The van der Waals surface area contributed by atoms with Crippen LogP contribution in [0.25, 0.3) is 0 Å². The topological polar surface area (TPSA) is 91.0 Å². The lowest BCUT2D eigenvalue weighted by Crippen LogP contribution is -2.51. The van der Waals surface area contributed by atoms with Crippen LogP contribution < -0.4 is 15.5 Å². The van der Waals surface area contributed by atoms with Gasteiger partial charge < -0.3 is 15.0 Å². The molecule has 8 nitrogen and oxygen atoms in total. The van der Waals surface area contributed by atoms with E-state index in [1.54, 1.807) is 0 Å². The molecule has 1 saturated carbocycles. The number of imide groups is 1. The Balaban J connectivity index is 1.39. The third kappa shape index (κ3) is 5.06. The summed E-state index contributed by atoms with van der Waals surface area (Å²) in [6, 6.07) is 7.29. The quantitative estimate of drug-likeness (QED) is 0.649. The molecule has 0 bridgehead atoms. The minimum absolute atomic E-state index is 0.185. The Hall–Kier alpha value is -2.61. The monoisotopic (exact) mass is 402 g/mol. The van der Waals surface area contributed by atoms with E-state index in [0.717, 1.165) is 35.6 Å². The largest absolute Gasteiger partial charge is 0.492 e. The van der Waals surface area contributed by atoms with Crippen LogP contribution in [0.5, 0.6) is 5.75 Å². The van der Waals surface area contributed by atoms with Gasteiger partial charge in [0.15, 0.2) is 0 Å². The van der Waals surface area contributed by atoms with Crippen molar-refractivity contribution in [3.63, 3.8) is 0 Å². The minimum Gasteiger partial charge on any atom is -0.492 e. The van der Waals surface area contributed by atoms with E-state index in [1.807, 2.05) is 43.1 Å². The average Bonchev–Trinajstić information content (AvgIpc) is 2.92. The molecule has 158 valence electrons. The van der Waals surface area contributed by atoms with Crippen molar-refractivity contribution < 1.29 is 19.1 Å². The van der Waals surface area contributed by atoms with E-state index >= 15 is 0 Å². The fraction of sp³-hybridized carbons (Fsp3) is 0.571. The summed E-state index contributed by atoms with van der Waals surface area (Å²) in [5, 5.41) is 3.64. The van der Waals surface area contributed by atoms with E-state index < -0.39 is 11.6 Å². The van der Waals surface area contributed by atoms with Gasteiger partial charge in [-0.2, -0.15) is 5.01 Å². The molecule has 1 spiro atoms. The Morgan fingerprint density at radius 3 is 2.66 bits per heavy atom. The predicted molar refractivity (Wildman–Crippen MR) is 108 cm³/mol. The van der Waals surface area contributed by atoms with Gasteiger partial charge in [-0.1, -0.05) is 37.5 Å². The van der Waals surface area contributed by atoms with Crippen LogP contribution in [-0.4, -0.2) is 60.0 Å². The van der Waals surface area contributed by atoms with Crippen LogP contribution in [0.4, 0.5) is 4.79 Å². The Kier molecular flexibility index (Phi) is 6.74. The lowest BCUT2D eigenvalue weighted by atomic mass is 9.82. The van der Waals surface area contributed by atoms with Gasteiger partial charge in [0, 0.05) is 19.5 Å². The summed E-state index contributed by atoms with van der Waals surface area (Å²) in [7, 11) is 1.90. The number of nitrogens with one attached hydrogen (secondary N) is 2. The Morgan fingerprint density at radius 2 is 1.93 bits per heavy atom. The number of carbonyl (C=O) groups is 3. The predicted octanol–water partition coefficient (Wildman–Crippen LogP) is 1.98. The SMILES string of the molecule is Cc1ccccc1OCCN(C)CCC(=O)NN1C(=O)NC2(CCCCC2)C1=O. The molecule has 0 atom stereocenters. The second-order valence-electron chi connectivity index (χ2n) is 7.92. The first kappa shape index (κ1) is 21.1. The van der Waals surface area contributed by atoms with Crippen molar-refractivity contribution in [2.45, 2.75) is 51.0 Å². The zero-order chi connectivity index (χ0) is 20.9. The van der Waals surface area contributed by atoms with E-state index in [0.29, 0.717) is 32.5 Å². The van der Waals surface area contributed by atoms with Crippen molar-refractivity contribution in [3.05, 3.63) is 29.8 Å². The van der Waals surface area contributed by atoms with Crippen LogP contribution in [0.1, 0.15) is 44.1 Å².